The number of carbonyl (C=O) groups excluding carboxylic acids is 1. The maximum atomic E-state index is 11.5. The highest BCUT2D eigenvalue weighted by molar-refractivity contribution is 7.89. The Hall–Kier alpha value is -1.91. The third-order valence-corrected chi connectivity index (χ3v) is 2.74. The van der Waals surface area contributed by atoms with Crippen LogP contribution in [0, 0.1) is 11.3 Å². The van der Waals surface area contributed by atoms with Gasteiger partial charge in [-0.15, -0.1) is 0 Å². The number of nitriles is 1. The van der Waals surface area contributed by atoms with Crippen LogP contribution in [0.5, 0.6) is 0 Å². The molecule has 1 rings (SSSR count). The van der Waals surface area contributed by atoms with Gasteiger partial charge in [-0.25, -0.2) is 13.6 Å². The lowest BCUT2D eigenvalue weighted by molar-refractivity contribution is 0.0955. The summed E-state index contributed by atoms with van der Waals surface area (Å²) in [4.78, 5) is 11.2. The van der Waals surface area contributed by atoms with Gasteiger partial charge in [-0.3, -0.25) is 4.79 Å². The van der Waals surface area contributed by atoms with E-state index in [-0.39, 0.29) is 17.0 Å². The Balaban J connectivity index is 3.15. The average molecular weight is 239 g/mol. The van der Waals surface area contributed by atoms with Gasteiger partial charge in [-0.2, -0.15) is 5.26 Å². The predicted molar refractivity (Wildman–Crippen MR) is 55.8 cm³/mol. The molecule has 1 aromatic rings. The summed E-state index contributed by atoms with van der Waals surface area (Å²) in [6.45, 7) is -0.197. The zero-order chi connectivity index (χ0) is 12.2. The Labute approximate surface area is 92.7 Å². The first-order valence-electron chi connectivity index (χ1n) is 4.24. The molecule has 1 aromatic carbocycles. The van der Waals surface area contributed by atoms with Crippen molar-refractivity contribution in [2.24, 2.45) is 5.14 Å². The van der Waals surface area contributed by atoms with Crippen LogP contribution in [0.4, 0.5) is 0 Å². The van der Waals surface area contributed by atoms with Gasteiger partial charge in [0.25, 0.3) is 5.91 Å². The fraction of sp³-hybridized carbons (Fsp3) is 0.111. The number of sulfonamides is 1. The van der Waals surface area contributed by atoms with E-state index in [4.69, 9.17) is 10.4 Å². The summed E-state index contributed by atoms with van der Waals surface area (Å²) in [5.41, 5.74) is -0.0692. The smallest absolute Gasteiger partial charge is 0.253 e. The number of carbonyl (C=O) groups is 1. The van der Waals surface area contributed by atoms with Crippen molar-refractivity contribution >= 4 is 15.9 Å². The lowest BCUT2D eigenvalue weighted by Crippen LogP contribution is -2.26. The molecule has 6 nitrogen and oxygen atoms in total. The van der Waals surface area contributed by atoms with Gasteiger partial charge in [0.2, 0.25) is 10.0 Å². The van der Waals surface area contributed by atoms with Crippen molar-refractivity contribution in [3.05, 3.63) is 29.8 Å². The van der Waals surface area contributed by atoms with Crippen LogP contribution < -0.4 is 10.5 Å². The molecule has 7 heteroatoms. The highest BCUT2D eigenvalue weighted by Gasteiger charge is 2.17. The Kier molecular flexibility index (Phi) is 3.60. The quantitative estimate of drug-likeness (QED) is 0.698. The summed E-state index contributed by atoms with van der Waals surface area (Å²) in [7, 11) is -3.95. The fourth-order valence-corrected chi connectivity index (χ4v) is 1.85. The Morgan fingerprint density at radius 2 is 2.06 bits per heavy atom. The zero-order valence-corrected chi connectivity index (χ0v) is 8.99. The largest absolute Gasteiger partial charge is 0.339 e. The number of rotatable bonds is 3. The van der Waals surface area contributed by atoms with Gasteiger partial charge in [0.1, 0.15) is 6.54 Å². The number of amides is 1. The van der Waals surface area contributed by atoms with Crippen molar-refractivity contribution in [2.75, 3.05) is 6.54 Å². The third kappa shape index (κ3) is 2.79. The second-order valence-corrected chi connectivity index (χ2v) is 4.41. The summed E-state index contributed by atoms with van der Waals surface area (Å²) in [5.74, 6) is -0.647. The van der Waals surface area contributed by atoms with Crippen LogP contribution in [0.2, 0.25) is 0 Å². The van der Waals surface area contributed by atoms with E-state index in [1.165, 1.54) is 24.3 Å². The summed E-state index contributed by atoms with van der Waals surface area (Å²) in [6.07, 6.45) is 0. The standard InChI is InChI=1S/C9H9N3O3S/c10-5-6-12-9(13)7-3-1-2-4-8(7)16(11,14)15/h1-4H,6H2,(H,12,13)(H2,11,14,15). The van der Waals surface area contributed by atoms with Gasteiger partial charge in [-0.1, -0.05) is 12.1 Å². The van der Waals surface area contributed by atoms with E-state index in [9.17, 15) is 13.2 Å². The minimum atomic E-state index is -3.95. The highest BCUT2D eigenvalue weighted by Crippen LogP contribution is 2.13. The zero-order valence-electron chi connectivity index (χ0n) is 8.17. The normalized spacial score (nSPS) is 10.5. The van der Waals surface area contributed by atoms with Crippen LogP contribution in [0.25, 0.3) is 0 Å². The highest BCUT2D eigenvalue weighted by atomic mass is 32.2. The number of benzene rings is 1. The fourth-order valence-electron chi connectivity index (χ4n) is 1.12. The molecule has 0 aromatic heterocycles. The Morgan fingerprint density at radius 3 is 2.62 bits per heavy atom. The molecule has 0 saturated carbocycles. The van der Waals surface area contributed by atoms with Crippen LogP contribution >= 0.6 is 0 Å². The second kappa shape index (κ2) is 4.74. The number of hydrogen-bond donors (Lipinski definition) is 2. The van der Waals surface area contributed by atoms with Gasteiger partial charge in [-0.05, 0) is 12.1 Å². The van der Waals surface area contributed by atoms with E-state index in [0.29, 0.717) is 0 Å². The molecule has 0 aliphatic rings. The van der Waals surface area contributed by atoms with Crippen molar-refractivity contribution in [2.45, 2.75) is 4.90 Å². The molecule has 0 unspecified atom stereocenters. The van der Waals surface area contributed by atoms with Crippen molar-refractivity contribution in [1.29, 1.82) is 5.26 Å². The molecule has 0 radical (unpaired) electrons. The molecule has 0 spiro atoms. The van der Waals surface area contributed by atoms with E-state index in [1.807, 2.05) is 0 Å². The van der Waals surface area contributed by atoms with Gasteiger partial charge < -0.3 is 5.32 Å². The minimum Gasteiger partial charge on any atom is -0.339 e. The molecule has 0 bridgehead atoms. The summed E-state index contributed by atoms with van der Waals surface area (Å²) < 4.78 is 22.3. The molecule has 0 aliphatic heterocycles. The van der Waals surface area contributed by atoms with E-state index in [0.717, 1.165) is 0 Å². The van der Waals surface area contributed by atoms with Crippen molar-refractivity contribution in [1.82, 2.24) is 5.32 Å². The molecule has 0 atom stereocenters. The van der Waals surface area contributed by atoms with E-state index < -0.39 is 15.9 Å². The first-order chi connectivity index (χ1) is 7.46. The van der Waals surface area contributed by atoms with Gasteiger partial charge in [0.15, 0.2) is 0 Å². The summed E-state index contributed by atoms with van der Waals surface area (Å²) >= 11 is 0. The SMILES string of the molecule is N#CCNC(=O)c1ccccc1S(N)(=O)=O. The summed E-state index contributed by atoms with van der Waals surface area (Å²) in [6, 6.07) is 7.24. The minimum absolute atomic E-state index is 0.0692. The molecule has 16 heavy (non-hydrogen) atoms. The number of nitrogens with two attached hydrogens (primary N) is 1. The molecule has 0 saturated heterocycles. The first kappa shape index (κ1) is 12.2. The van der Waals surface area contributed by atoms with Gasteiger partial charge in [0.05, 0.1) is 16.5 Å². The second-order valence-electron chi connectivity index (χ2n) is 2.88. The summed E-state index contributed by atoms with van der Waals surface area (Å²) in [5, 5.41) is 15.5. The number of hydrogen-bond acceptors (Lipinski definition) is 4. The number of primary sulfonamides is 1. The lowest BCUT2D eigenvalue weighted by Gasteiger charge is -2.06. The number of nitrogens with one attached hydrogen (secondary N) is 1. The average Bonchev–Trinajstić information content (AvgIpc) is 2.24. The van der Waals surface area contributed by atoms with Crippen LogP contribution in [0.1, 0.15) is 10.4 Å². The Bertz CT molecular complexity index is 545. The van der Waals surface area contributed by atoms with Crippen LogP contribution in [-0.2, 0) is 10.0 Å². The van der Waals surface area contributed by atoms with Crippen LogP contribution in [-0.4, -0.2) is 20.9 Å². The van der Waals surface area contributed by atoms with Crippen LogP contribution in [0.15, 0.2) is 29.2 Å². The molecular formula is C9H9N3O3S. The topological polar surface area (TPSA) is 113 Å². The van der Waals surface area contributed by atoms with E-state index in [2.05, 4.69) is 5.32 Å². The first-order valence-corrected chi connectivity index (χ1v) is 5.78. The molecule has 0 aliphatic carbocycles. The van der Waals surface area contributed by atoms with Crippen molar-refractivity contribution in [3.8, 4) is 6.07 Å². The van der Waals surface area contributed by atoms with Crippen LogP contribution in [0.3, 0.4) is 0 Å². The third-order valence-electron chi connectivity index (χ3n) is 1.77. The van der Waals surface area contributed by atoms with Gasteiger partial charge >= 0.3 is 0 Å². The van der Waals surface area contributed by atoms with E-state index >= 15 is 0 Å². The molecule has 0 fully saturated rings. The Morgan fingerprint density at radius 1 is 1.44 bits per heavy atom. The molecule has 84 valence electrons. The van der Waals surface area contributed by atoms with E-state index in [1.54, 1.807) is 6.07 Å². The predicted octanol–water partition coefficient (Wildman–Crippen LogP) is -0.413. The molecule has 1 amide bonds. The van der Waals surface area contributed by atoms with Gasteiger partial charge in [0, 0.05) is 0 Å². The maximum absolute atomic E-state index is 11.5. The lowest BCUT2D eigenvalue weighted by atomic mass is 10.2. The molecular weight excluding hydrogens is 230 g/mol. The monoisotopic (exact) mass is 239 g/mol. The molecule has 0 heterocycles. The number of nitrogens with zero attached hydrogens (tertiary/aromatic N) is 1. The van der Waals surface area contributed by atoms with Crippen molar-refractivity contribution < 1.29 is 13.2 Å². The maximum Gasteiger partial charge on any atom is 0.253 e. The van der Waals surface area contributed by atoms with Crippen molar-refractivity contribution in [3.63, 3.8) is 0 Å². The molecule has 3 N–H and O–H groups in total.